The van der Waals surface area contributed by atoms with Gasteiger partial charge in [-0.25, -0.2) is 0 Å². The van der Waals surface area contributed by atoms with Crippen molar-refractivity contribution in [3.05, 3.63) is 40.0 Å². The summed E-state index contributed by atoms with van der Waals surface area (Å²) in [6.07, 6.45) is 1.59. The molecule has 1 aromatic carbocycles. The molecule has 0 amide bonds. The van der Waals surface area contributed by atoms with Crippen LogP contribution in [0.4, 0.5) is 11.4 Å². The number of hydrogen-bond acceptors (Lipinski definition) is 3. The van der Waals surface area contributed by atoms with Crippen LogP contribution in [-0.4, -0.2) is 12.0 Å². The Balaban J connectivity index is 3.41. The average molecular weight is 192 g/mol. The molecule has 1 N–H and O–H groups in total. The minimum absolute atomic E-state index is 0.117. The van der Waals surface area contributed by atoms with Crippen molar-refractivity contribution in [1.29, 1.82) is 0 Å². The van der Waals surface area contributed by atoms with Gasteiger partial charge in [-0.05, 0) is 18.6 Å². The quantitative estimate of drug-likeness (QED) is 0.591. The number of rotatable bonds is 3. The molecule has 4 nitrogen and oxygen atoms in total. The Morgan fingerprint density at radius 1 is 1.57 bits per heavy atom. The van der Waals surface area contributed by atoms with Crippen molar-refractivity contribution in [3.8, 4) is 0 Å². The van der Waals surface area contributed by atoms with Crippen LogP contribution in [-0.2, 0) is 0 Å². The zero-order valence-corrected chi connectivity index (χ0v) is 8.20. The van der Waals surface area contributed by atoms with Gasteiger partial charge in [0.15, 0.2) is 0 Å². The topological polar surface area (TPSA) is 55.2 Å². The van der Waals surface area contributed by atoms with Crippen molar-refractivity contribution in [2.45, 2.75) is 6.92 Å². The number of nitrogens with one attached hydrogen (secondary N) is 1. The number of anilines is 1. The van der Waals surface area contributed by atoms with Gasteiger partial charge in [0.2, 0.25) is 0 Å². The molecule has 0 atom stereocenters. The van der Waals surface area contributed by atoms with Crippen molar-refractivity contribution in [1.82, 2.24) is 0 Å². The maximum absolute atomic E-state index is 10.7. The van der Waals surface area contributed by atoms with Crippen LogP contribution in [0, 0.1) is 17.0 Å². The van der Waals surface area contributed by atoms with Crippen LogP contribution in [0.3, 0.4) is 0 Å². The summed E-state index contributed by atoms with van der Waals surface area (Å²) >= 11 is 0. The van der Waals surface area contributed by atoms with Crippen LogP contribution in [0.1, 0.15) is 11.1 Å². The van der Waals surface area contributed by atoms with Gasteiger partial charge in [-0.15, -0.1) is 0 Å². The van der Waals surface area contributed by atoms with E-state index in [0.717, 1.165) is 11.3 Å². The third-order valence-electron chi connectivity index (χ3n) is 2.10. The number of nitro benzene ring substituents is 1. The molecule has 0 heterocycles. The van der Waals surface area contributed by atoms with Gasteiger partial charge >= 0.3 is 0 Å². The molecule has 4 heteroatoms. The maximum atomic E-state index is 10.7. The lowest BCUT2D eigenvalue weighted by atomic mass is 10.1. The van der Waals surface area contributed by atoms with Crippen molar-refractivity contribution in [2.24, 2.45) is 0 Å². The molecule has 0 fully saturated rings. The first-order chi connectivity index (χ1) is 6.60. The van der Waals surface area contributed by atoms with Crippen LogP contribution >= 0.6 is 0 Å². The highest BCUT2D eigenvalue weighted by Crippen LogP contribution is 2.27. The third kappa shape index (κ3) is 1.74. The van der Waals surface area contributed by atoms with Crippen molar-refractivity contribution >= 4 is 17.5 Å². The number of hydrogen-bond donors (Lipinski definition) is 1. The summed E-state index contributed by atoms with van der Waals surface area (Å²) in [5, 5.41) is 13.6. The second kappa shape index (κ2) is 3.91. The molecule has 0 spiro atoms. The van der Waals surface area contributed by atoms with E-state index in [9.17, 15) is 10.1 Å². The number of nitrogens with zero attached hydrogens (tertiary/aromatic N) is 1. The lowest BCUT2D eigenvalue weighted by molar-refractivity contribution is -0.385. The van der Waals surface area contributed by atoms with E-state index in [-0.39, 0.29) is 10.6 Å². The molecule has 0 radical (unpaired) electrons. The molecular weight excluding hydrogens is 180 g/mol. The predicted molar refractivity (Wildman–Crippen MR) is 57.5 cm³/mol. The molecule has 1 aromatic rings. The Bertz CT molecular complexity index is 386. The molecule has 0 aliphatic heterocycles. The fourth-order valence-corrected chi connectivity index (χ4v) is 1.29. The first kappa shape index (κ1) is 10.2. The van der Waals surface area contributed by atoms with E-state index in [2.05, 4.69) is 11.9 Å². The van der Waals surface area contributed by atoms with Gasteiger partial charge in [-0.2, -0.15) is 0 Å². The second-order valence-corrected chi connectivity index (χ2v) is 2.92. The number of nitro groups is 1. The van der Waals surface area contributed by atoms with Crippen molar-refractivity contribution in [2.75, 3.05) is 12.4 Å². The summed E-state index contributed by atoms with van der Waals surface area (Å²) in [6.45, 7) is 5.31. The third-order valence-corrected chi connectivity index (χ3v) is 2.10. The molecule has 0 aliphatic carbocycles. The first-order valence-corrected chi connectivity index (χ1v) is 4.19. The van der Waals surface area contributed by atoms with E-state index in [4.69, 9.17) is 0 Å². The van der Waals surface area contributed by atoms with Crippen molar-refractivity contribution in [3.63, 3.8) is 0 Å². The molecular formula is C10H12N2O2. The van der Waals surface area contributed by atoms with Gasteiger partial charge < -0.3 is 5.32 Å². The Hall–Kier alpha value is -1.84. The van der Waals surface area contributed by atoms with Gasteiger partial charge in [0.25, 0.3) is 5.69 Å². The normalized spacial score (nSPS) is 9.57. The van der Waals surface area contributed by atoms with Gasteiger partial charge in [-0.1, -0.05) is 12.7 Å². The standard InChI is InChI=1S/C10H12N2O2/c1-4-8-5-9(11-3)7(2)10(6-8)12(13)14/h4-6,11H,1H2,2-3H3. The minimum atomic E-state index is -0.386. The summed E-state index contributed by atoms with van der Waals surface area (Å²) in [5.41, 5.74) is 2.26. The summed E-state index contributed by atoms with van der Waals surface area (Å²) < 4.78 is 0. The maximum Gasteiger partial charge on any atom is 0.274 e. The molecule has 74 valence electrons. The molecule has 0 saturated carbocycles. The van der Waals surface area contributed by atoms with E-state index >= 15 is 0 Å². The Morgan fingerprint density at radius 2 is 2.21 bits per heavy atom. The summed E-state index contributed by atoms with van der Waals surface area (Å²) in [7, 11) is 1.74. The highest BCUT2D eigenvalue weighted by Gasteiger charge is 2.14. The fourth-order valence-electron chi connectivity index (χ4n) is 1.29. The fraction of sp³-hybridized carbons (Fsp3) is 0.200. The highest BCUT2D eigenvalue weighted by molar-refractivity contribution is 5.67. The highest BCUT2D eigenvalue weighted by atomic mass is 16.6. The molecule has 0 aromatic heterocycles. The molecule has 0 saturated heterocycles. The van der Waals surface area contributed by atoms with Crippen LogP contribution < -0.4 is 5.32 Å². The minimum Gasteiger partial charge on any atom is -0.388 e. The monoisotopic (exact) mass is 192 g/mol. The van der Waals surface area contributed by atoms with Gasteiger partial charge in [0.1, 0.15) is 0 Å². The second-order valence-electron chi connectivity index (χ2n) is 2.92. The van der Waals surface area contributed by atoms with Crippen LogP contribution in [0.25, 0.3) is 6.08 Å². The van der Waals surface area contributed by atoms with Crippen molar-refractivity contribution < 1.29 is 4.92 Å². The summed E-state index contributed by atoms with van der Waals surface area (Å²) in [5.74, 6) is 0. The van der Waals surface area contributed by atoms with Gasteiger partial charge in [0, 0.05) is 24.4 Å². The Kier molecular flexibility index (Phi) is 2.86. The largest absolute Gasteiger partial charge is 0.388 e. The van der Waals surface area contributed by atoms with Crippen LogP contribution in [0.2, 0.25) is 0 Å². The smallest absolute Gasteiger partial charge is 0.274 e. The van der Waals surface area contributed by atoms with E-state index < -0.39 is 0 Å². The molecule has 1 rings (SSSR count). The SMILES string of the molecule is C=Cc1cc(NC)c(C)c([N+](=O)[O-])c1. The van der Waals surface area contributed by atoms with E-state index in [1.54, 1.807) is 20.0 Å². The van der Waals surface area contributed by atoms with E-state index in [1.165, 1.54) is 6.07 Å². The molecule has 0 bridgehead atoms. The Labute approximate surface area is 82.4 Å². The predicted octanol–water partition coefficient (Wildman–Crippen LogP) is 2.59. The van der Waals surface area contributed by atoms with E-state index in [1.807, 2.05) is 6.07 Å². The lowest BCUT2D eigenvalue weighted by Gasteiger charge is -2.06. The zero-order chi connectivity index (χ0) is 10.7. The average Bonchev–Trinajstić information content (AvgIpc) is 2.17. The van der Waals surface area contributed by atoms with Crippen LogP contribution in [0.5, 0.6) is 0 Å². The molecule has 0 unspecified atom stereocenters. The summed E-state index contributed by atoms with van der Waals surface area (Å²) in [4.78, 5) is 10.3. The van der Waals surface area contributed by atoms with E-state index in [0.29, 0.717) is 5.56 Å². The molecule has 0 aliphatic rings. The van der Waals surface area contributed by atoms with Gasteiger partial charge in [0.05, 0.1) is 4.92 Å². The zero-order valence-electron chi connectivity index (χ0n) is 8.20. The molecule has 14 heavy (non-hydrogen) atoms. The lowest BCUT2D eigenvalue weighted by Crippen LogP contribution is -1.98. The number of benzene rings is 1. The first-order valence-electron chi connectivity index (χ1n) is 4.19. The van der Waals surface area contributed by atoms with Crippen LogP contribution in [0.15, 0.2) is 18.7 Å². The Morgan fingerprint density at radius 3 is 2.64 bits per heavy atom. The van der Waals surface area contributed by atoms with Gasteiger partial charge in [-0.3, -0.25) is 10.1 Å². The summed E-state index contributed by atoms with van der Waals surface area (Å²) in [6, 6.07) is 3.35.